The monoisotopic (exact) mass is 529 g/mol. The molecule has 6 rings (SSSR count). The van der Waals surface area contributed by atoms with Crippen LogP contribution in [0, 0.1) is 39.8 Å². The molecule has 5 aliphatic rings. The van der Waals surface area contributed by atoms with Crippen LogP contribution in [0.25, 0.3) is 0 Å². The molecule has 1 saturated heterocycles. The number of halogens is 3. The topological polar surface area (TPSA) is 66.8 Å². The fraction of sp³-hybridized carbons (Fsp3) is 0.600. The van der Waals surface area contributed by atoms with Gasteiger partial charge in [0.05, 0.1) is 6.10 Å². The van der Waals surface area contributed by atoms with Crippen LogP contribution in [0.3, 0.4) is 0 Å². The third kappa shape index (κ3) is 3.17. The van der Waals surface area contributed by atoms with Gasteiger partial charge in [0.15, 0.2) is 23.8 Å². The van der Waals surface area contributed by atoms with E-state index in [-0.39, 0.29) is 42.2 Å². The van der Waals surface area contributed by atoms with Gasteiger partial charge in [-0.25, -0.2) is 13.2 Å². The average Bonchev–Trinajstić information content (AvgIpc) is 3.31. The summed E-state index contributed by atoms with van der Waals surface area (Å²) in [5, 5.41) is 13.4. The van der Waals surface area contributed by atoms with Crippen molar-refractivity contribution in [2.75, 3.05) is 13.2 Å². The van der Waals surface area contributed by atoms with Crippen molar-refractivity contribution in [3.8, 4) is 0 Å². The molecule has 1 heterocycles. The number of benzene rings is 1. The fourth-order valence-electron chi connectivity index (χ4n) is 9.36. The average molecular weight is 530 g/mol. The second kappa shape index (κ2) is 8.35. The Labute approximate surface area is 220 Å². The molecule has 38 heavy (non-hydrogen) atoms. The lowest BCUT2D eigenvalue weighted by Crippen LogP contribution is -2.67. The van der Waals surface area contributed by atoms with Gasteiger partial charge in [0, 0.05) is 35.8 Å². The van der Waals surface area contributed by atoms with E-state index in [9.17, 15) is 23.5 Å². The maximum Gasteiger partial charge on any atom is 0.198 e. The Morgan fingerprint density at radius 2 is 1.89 bits per heavy atom. The summed E-state index contributed by atoms with van der Waals surface area (Å²) in [6, 6.07) is 6.01. The Hall–Kier alpha value is -2.29. The van der Waals surface area contributed by atoms with Crippen LogP contribution >= 0.6 is 0 Å². The van der Waals surface area contributed by atoms with Crippen LogP contribution in [0.1, 0.15) is 45.6 Å². The Kier molecular flexibility index (Phi) is 5.71. The molecule has 1 aliphatic heterocycles. The predicted octanol–water partition coefficient (Wildman–Crippen LogP) is 4.69. The molecule has 1 N–H and O–H groups in total. The highest BCUT2D eigenvalue weighted by atomic mass is 19.1. The largest absolute Gasteiger partial charge is 0.393 e. The molecule has 4 aliphatic carbocycles. The van der Waals surface area contributed by atoms with Crippen LogP contribution < -0.4 is 0 Å². The number of rotatable bonds is 4. The fourth-order valence-corrected chi connectivity index (χ4v) is 9.36. The number of hydroxylamine groups is 2. The summed E-state index contributed by atoms with van der Waals surface area (Å²) >= 11 is 0. The van der Waals surface area contributed by atoms with Crippen molar-refractivity contribution in [3.63, 3.8) is 0 Å². The lowest BCUT2D eigenvalue weighted by Gasteiger charge is -2.64. The number of aliphatic hydroxyl groups excluding tert-OH is 1. The van der Waals surface area contributed by atoms with Gasteiger partial charge < -0.3 is 5.11 Å². The minimum atomic E-state index is -1.50. The van der Waals surface area contributed by atoms with Crippen LogP contribution in [-0.2, 0) is 21.0 Å². The number of hydrogen-bond acceptors (Lipinski definition) is 5. The molecule has 9 atom stereocenters. The Morgan fingerprint density at radius 3 is 2.58 bits per heavy atom. The number of nitrogens with zero attached hydrogens (tertiary/aromatic N) is 1. The summed E-state index contributed by atoms with van der Waals surface area (Å²) in [7, 11) is 0. The quantitative estimate of drug-likeness (QED) is 0.613. The van der Waals surface area contributed by atoms with E-state index in [1.807, 2.05) is 13.8 Å². The highest BCUT2D eigenvalue weighted by Crippen LogP contribution is 2.76. The molecule has 0 spiro atoms. The van der Waals surface area contributed by atoms with Gasteiger partial charge in [-0.2, -0.15) is 5.06 Å². The number of carbonyl (C=O) groups excluding carboxylic acids is 2. The van der Waals surface area contributed by atoms with E-state index in [0.29, 0.717) is 25.1 Å². The van der Waals surface area contributed by atoms with Crippen LogP contribution in [0.4, 0.5) is 13.2 Å². The summed E-state index contributed by atoms with van der Waals surface area (Å²) in [5.41, 5.74) is -2.70. The lowest BCUT2D eigenvalue weighted by atomic mass is 9.41. The van der Waals surface area contributed by atoms with Crippen LogP contribution in [0.5, 0.6) is 0 Å². The molecule has 5 nitrogen and oxygen atoms in total. The maximum absolute atomic E-state index is 15.8. The highest BCUT2D eigenvalue weighted by Gasteiger charge is 2.79. The molecule has 0 radical (unpaired) electrons. The molecule has 0 amide bonds. The normalized spacial score (nSPS) is 45.7. The SMILES string of the molecule is CC12C=CC(=O)C=C1C(F)CC1C2C(O)CC2(C)C1(C)CC1CN(Cc3ccc(F)cc3)OC12C(=O)CF. The number of carbonyl (C=O) groups is 2. The smallest absolute Gasteiger partial charge is 0.198 e. The zero-order valence-electron chi connectivity index (χ0n) is 21.9. The summed E-state index contributed by atoms with van der Waals surface area (Å²) in [5.74, 6) is -2.27. The van der Waals surface area contributed by atoms with Crippen molar-refractivity contribution in [1.82, 2.24) is 5.06 Å². The minimum absolute atomic E-state index is 0.127. The first-order chi connectivity index (χ1) is 17.9. The van der Waals surface area contributed by atoms with Crippen molar-refractivity contribution in [3.05, 3.63) is 59.4 Å². The van der Waals surface area contributed by atoms with Crippen LogP contribution in [-0.4, -0.2) is 52.8 Å². The number of Topliss-reactive ketones (excluding diaryl/α,β-unsaturated/α-hetero) is 1. The predicted molar refractivity (Wildman–Crippen MR) is 133 cm³/mol. The van der Waals surface area contributed by atoms with Gasteiger partial charge in [-0.15, -0.1) is 0 Å². The number of aliphatic hydroxyl groups is 1. The van der Waals surface area contributed by atoms with Crippen molar-refractivity contribution in [1.29, 1.82) is 0 Å². The summed E-state index contributed by atoms with van der Waals surface area (Å²) in [6.45, 7) is 5.33. The lowest BCUT2D eigenvalue weighted by molar-refractivity contribution is -0.270. The van der Waals surface area contributed by atoms with E-state index in [2.05, 4.69) is 6.92 Å². The number of allylic oxidation sites excluding steroid dienone is 4. The zero-order chi connectivity index (χ0) is 27.3. The summed E-state index contributed by atoms with van der Waals surface area (Å²) in [4.78, 5) is 32.1. The van der Waals surface area contributed by atoms with Gasteiger partial charge >= 0.3 is 0 Å². The second-order valence-electron chi connectivity index (χ2n) is 12.7. The molecule has 204 valence electrons. The molecular formula is C30H34F3NO4. The first-order valence-electron chi connectivity index (χ1n) is 13.4. The van der Waals surface area contributed by atoms with E-state index >= 15 is 4.39 Å². The number of fused-ring (bicyclic) bond motifs is 7. The third-order valence-electron chi connectivity index (χ3n) is 11.1. The van der Waals surface area contributed by atoms with Gasteiger partial charge in [0.25, 0.3) is 0 Å². The van der Waals surface area contributed by atoms with Gasteiger partial charge in [-0.3, -0.25) is 14.4 Å². The number of hydrogen-bond donors (Lipinski definition) is 1. The third-order valence-corrected chi connectivity index (χ3v) is 11.1. The molecule has 1 aromatic carbocycles. The molecule has 1 aromatic rings. The van der Waals surface area contributed by atoms with E-state index in [1.165, 1.54) is 24.3 Å². The van der Waals surface area contributed by atoms with E-state index in [0.717, 1.165) is 5.56 Å². The van der Waals surface area contributed by atoms with Crippen molar-refractivity contribution >= 4 is 11.6 Å². The summed E-state index contributed by atoms with van der Waals surface area (Å²) < 4.78 is 43.5. The molecule has 9 unspecified atom stereocenters. The maximum atomic E-state index is 15.8. The first-order valence-corrected chi connectivity index (χ1v) is 13.4. The Morgan fingerprint density at radius 1 is 1.18 bits per heavy atom. The van der Waals surface area contributed by atoms with Gasteiger partial charge in [0.1, 0.15) is 12.0 Å². The van der Waals surface area contributed by atoms with E-state index < -0.39 is 46.6 Å². The van der Waals surface area contributed by atoms with Gasteiger partial charge in [-0.05, 0) is 66.0 Å². The van der Waals surface area contributed by atoms with E-state index in [4.69, 9.17) is 4.84 Å². The molecule has 0 aromatic heterocycles. The van der Waals surface area contributed by atoms with Gasteiger partial charge in [-0.1, -0.05) is 39.0 Å². The van der Waals surface area contributed by atoms with Crippen LogP contribution in [0.15, 0.2) is 48.1 Å². The Balaban J connectivity index is 1.40. The van der Waals surface area contributed by atoms with Gasteiger partial charge in [0.2, 0.25) is 0 Å². The number of ketones is 2. The standard InChI is InChI=1S/C30H34F3NO4/c1-27-9-8-20(35)10-21(27)23(33)11-22-26(27)24(36)13-29(3)28(22,2)12-18-16-34(38-30(18,29)25(37)14-31)15-17-4-6-19(32)7-5-17/h4-10,18,22-24,26,36H,11-16H2,1-3H3. The van der Waals surface area contributed by atoms with Crippen molar-refractivity contribution in [2.24, 2.45) is 34.0 Å². The van der Waals surface area contributed by atoms with E-state index in [1.54, 1.807) is 23.3 Å². The molecule has 8 heteroatoms. The Bertz CT molecular complexity index is 1250. The summed E-state index contributed by atoms with van der Waals surface area (Å²) in [6.07, 6.45) is 3.14. The minimum Gasteiger partial charge on any atom is -0.393 e. The number of alkyl halides is 2. The van der Waals surface area contributed by atoms with Crippen LogP contribution in [0.2, 0.25) is 0 Å². The highest BCUT2D eigenvalue weighted by molar-refractivity contribution is 6.01. The molecule has 4 fully saturated rings. The van der Waals surface area contributed by atoms with Crippen molar-refractivity contribution in [2.45, 2.75) is 64.5 Å². The molecule has 0 bridgehead atoms. The van der Waals surface area contributed by atoms with Crippen molar-refractivity contribution < 1.29 is 32.7 Å². The zero-order valence-corrected chi connectivity index (χ0v) is 21.9. The first kappa shape index (κ1) is 26.0. The molecular weight excluding hydrogens is 495 g/mol. The second-order valence-corrected chi connectivity index (χ2v) is 12.7. The molecule has 3 saturated carbocycles.